The summed E-state index contributed by atoms with van der Waals surface area (Å²) in [6.07, 6.45) is 5.25. The molecule has 0 spiro atoms. The van der Waals surface area contributed by atoms with Crippen molar-refractivity contribution >= 4 is 34.4 Å². The third-order valence-electron chi connectivity index (χ3n) is 8.12. The van der Waals surface area contributed by atoms with Gasteiger partial charge in [-0.25, -0.2) is 0 Å². The van der Waals surface area contributed by atoms with Gasteiger partial charge in [-0.15, -0.1) is 0 Å². The molecule has 0 radical (unpaired) electrons. The van der Waals surface area contributed by atoms with E-state index >= 15 is 0 Å². The molecule has 1 amide bonds. The van der Waals surface area contributed by atoms with Gasteiger partial charge in [0.1, 0.15) is 0 Å². The Hall–Kier alpha value is -2.79. The number of piperidine rings is 1. The lowest BCUT2D eigenvalue weighted by Gasteiger charge is -2.41. The van der Waals surface area contributed by atoms with Crippen LogP contribution in [0.2, 0.25) is 5.02 Å². The van der Waals surface area contributed by atoms with Crippen LogP contribution in [0.4, 0.5) is 0 Å². The van der Waals surface area contributed by atoms with Gasteiger partial charge >= 0.3 is 5.97 Å². The second-order valence-corrected chi connectivity index (χ2v) is 10.3. The number of halogens is 1. The number of benzene rings is 2. The second kappa shape index (κ2) is 7.11. The van der Waals surface area contributed by atoms with Crippen molar-refractivity contribution < 1.29 is 14.7 Å². The number of carboxylic acid groups (broad SMARTS) is 1. The number of hydrogen-bond acceptors (Lipinski definition) is 2. The van der Waals surface area contributed by atoms with Crippen LogP contribution in [0.25, 0.3) is 10.9 Å². The van der Waals surface area contributed by atoms with Gasteiger partial charge in [-0.1, -0.05) is 48.0 Å². The summed E-state index contributed by atoms with van der Waals surface area (Å²) in [6.45, 7) is 0. The summed E-state index contributed by atoms with van der Waals surface area (Å²) in [5.41, 5.74) is 2.55. The van der Waals surface area contributed by atoms with Gasteiger partial charge < -0.3 is 15.0 Å². The maximum Gasteiger partial charge on any atom is 0.309 e. The number of carboxylic acids is 1. The maximum absolute atomic E-state index is 13.7. The lowest BCUT2D eigenvalue weighted by Crippen LogP contribution is -2.50. The molecule has 4 aliphatic rings. The van der Waals surface area contributed by atoms with E-state index in [0.717, 1.165) is 34.9 Å². The van der Waals surface area contributed by atoms with Crippen LogP contribution in [-0.4, -0.2) is 39.0 Å². The van der Waals surface area contributed by atoms with Gasteiger partial charge in [0.25, 0.3) is 0 Å². The number of carbonyl (C=O) groups excluding carboxylic acids is 1. The highest BCUT2D eigenvalue weighted by Crippen LogP contribution is 2.60. The Morgan fingerprint density at radius 2 is 1.97 bits per heavy atom. The minimum Gasteiger partial charge on any atom is -0.481 e. The average molecular weight is 449 g/mol. The van der Waals surface area contributed by atoms with Crippen LogP contribution in [0.3, 0.4) is 0 Å². The van der Waals surface area contributed by atoms with E-state index in [1.54, 1.807) is 0 Å². The first kappa shape index (κ1) is 19.9. The lowest BCUT2D eigenvalue weighted by molar-refractivity contribution is -0.155. The van der Waals surface area contributed by atoms with Crippen LogP contribution in [0, 0.1) is 11.3 Å². The molecule has 2 aliphatic carbocycles. The summed E-state index contributed by atoms with van der Waals surface area (Å²) in [7, 11) is 0. The molecule has 2 aliphatic heterocycles. The number of fused-ring (bicyclic) bond motifs is 1. The first-order valence-corrected chi connectivity index (χ1v) is 11.7. The molecular formula is C26H25ClN2O3. The predicted molar refractivity (Wildman–Crippen MR) is 123 cm³/mol. The van der Waals surface area contributed by atoms with E-state index in [4.69, 9.17) is 11.6 Å². The van der Waals surface area contributed by atoms with Crippen molar-refractivity contribution in [3.05, 3.63) is 70.9 Å². The fourth-order valence-corrected chi connectivity index (χ4v) is 6.99. The number of nitrogens with one attached hydrogen (secondary N) is 1. The van der Waals surface area contributed by atoms with Gasteiger partial charge in [0.05, 0.1) is 5.41 Å². The lowest BCUT2D eigenvalue weighted by atomic mass is 9.73. The fraction of sp³-hybridized carbons (Fsp3) is 0.385. The van der Waals surface area contributed by atoms with Crippen molar-refractivity contribution in [1.29, 1.82) is 0 Å². The molecule has 4 fully saturated rings. The second-order valence-electron chi connectivity index (χ2n) is 9.82. The molecule has 4 bridgehead atoms. The number of aromatic amines is 1. The summed E-state index contributed by atoms with van der Waals surface area (Å²) in [4.78, 5) is 31.0. The standard InChI is InChI=1S/C26H25ClN2O3/c27-17-6-7-19-21(14-28-22(19)9-17)20(15-4-2-1-3-5-15)10-24(30)29-18-8-16-11-26(12-18,25(31)32)13-23(16)29/h1-7,9,14,16,18,20,23,28H,8,10-13H2,(H,31,32). The Bertz CT molecular complexity index is 1220. The van der Waals surface area contributed by atoms with Gasteiger partial charge in [-0.2, -0.15) is 0 Å². The molecule has 7 rings (SSSR count). The highest BCUT2D eigenvalue weighted by molar-refractivity contribution is 6.31. The van der Waals surface area contributed by atoms with Crippen molar-refractivity contribution in [3.63, 3.8) is 0 Å². The van der Waals surface area contributed by atoms with Gasteiger partial charge in [-0.05, 0) is 54.9 Å². The predicted octanol–water partition coefficient (Wildman–Crippen LogP) is 5.20. The maximum atomic E-state index is 13.7. The van der Waals surface area contributed by atoms with Gasteiger partial charge in [-0.3, -0.25) is 9.59 Å². The van der Waals surface area contributed by atoms with Gasteiger partial charge in [0, 0.05) is 46.5 Å². The molecule has 3 heterocycles. The minimum atomic E-state index is -0.679. The molecule has 2 N–H and O–H groups in total. The summed E-state index contributed by atoms with van der Waals surface area (Å²) >= 11 is 6.18. The molecule has 32 heavy (non-hydrogen) atoms. The SMILES string of the molecule is O=C(CC(c1ccccc1)c1c[nH]c2cc(Cl)ccc12)N1C2CC3CC(C(=O)O)(C2)CC31. The number of hydrogen-bond donors (Lipinski definition) is 2. The van der Waals surface area contributed by atoms with Crippen LogP contribution in [0.5, 0.6) is 0 Å². The summed E-state index contributed by atoms with van der Waals surface area (Å²) in [6, 6.07) is 16.1. The first-order chi connectivity index (χ1) is 15.4. The smallest absolute Gasteiger partial charge is 0.309 e. The summed E-state index contributed by atoms with van der Waals surface area (Å²) in [5, 5.41) is 11.6. The molecule has 5 unspecified atom stereocenters. The number of aliphatic carboxylic acids is 1. The van der Waals surface area contributed by atoms with Gasteiger partial charge in [0.2, 0.25) is 5.91 Å². The molecule has 6 heteroatoms. The topological polar surface area (TPSA) is 73.4 Å². The molecular weight excluding hydrogens is 424 g/mol. The molecule has 5 atom stereocenters. The van der Waals surface area contributed by atoms with Crippen molar-refractivity contribution in [3.8, 4) is 0 Å². The highest BCUT2D eigenvalue weighted by Gasteiger charge is 2.63. The van der Waals surface area contributed by atoms with Crippen LogP contribution in [-0.2, 0) is 9.59 Å². The van der Waals surface area contributed by atoms with Crippen molar-refractivity contribution in [2.24, 2.45) is 11.3 Å². The molecule has 5 nitrogen and oxygen atoms in total. The van der Waals surface area contributed by atoms with Crippen molar-refractivity contribution in [2.45, 2.75) is 50.1 Å². The summed E-state index contributed by atoms with van der Waals surface area (Å²) < 4.78 is 0. The van der Waals surface area contributed by atoms with E-state index in [0.29, 0.717) is 30.2 Å². The summed E-state index contributed by atoms with van der Waals surface area (Å²) in [5.74, 6) is -0.287. The normalized spacial score (nSPS) is 29.0. The van der Waals surface area contributed by atoms with E-state index in [-0.39, 0.29) is 23.9 Å². The fourth-order valence-electron chi connectivity index (χ4n) is 6.82. The van der Waals surface area contributed by atoms with Crippen LogP contribution >= 0.6 is 11.6 Å². The van der Waals surface area contributed by atoms with Crippen LogP contribution in [0.1, 0.15) is 49.1 Å². The van der Waals surface area contributed by atoms with Crippen LogP contribution < -0.4 is 0 Å². The van der Waals surface area contributed by atoms with E-state index < -0.39 is 11.4 Å². The first-order valence-electron chi connectivity index (χ1n) is 11.3. The minimum absolute atomic E-state index is 0.0642. The molecule has 2 saturated carbocycles. The molecule has 164 valence electrons. The third kappa shape index (κ3) is 2.91. The molecule has 2 saturated heterocycles. The number of amides is 1. The molecule has 1 aromatic heterocycles. The number of rotatable bonds is 5. The van der Waals surface area contributed by atoms with E-state index in [9.17, 15) is 14.7 Å². The molecule has 2 aromatic carbocycles. The monoisotopic (exact) mass is 448 g/mol. The van der Waals surface area contributed by atoms with Crippen molar-refractivity contribution in [2.75, 3.05) is 0 Å². The third-order valence-corrected chi connectivity index (χ3v) is 8.36. The Labute approximate surface area is 191 Å². The number of H-pyrrole nitrogens is 1. The Morgan fingerprint density at radius 3 is 2.72 bits per heavy atom. The quantitative estimate of drug-likeness (QED) is 0.563. The zero-order valence-electron chi connectivity index (χ0n) is 17.6. The van der Waals surface area contributed by atoms with Crippen LogP contribution in [0.15, 0.2) is 54.7 Å². The largest absolute Gasteiger partial charge is 0.481 e. The van der Waals surface area contributed by atoms with E-state index in [1.165, 1.54) is 0 Å². The molecule has 3 aromatic rings. The van der Waals surface area contributed by atoms with Gasteiger partial charge in [0.15, 0.2) is 0 Å². The Morgan fingerprint density at radius 1 is 1.16 bits per heavy atom. The average Bonchev–Trinajstić information content (AvgIpc) is 3.39. The Balaban J connectivity index is 1.33. The zero-order valence-corrected chi connectivity index (χ0v) is 18.4. The number of aromatic nitrogens is 1. The number of nitrogens with zero attached hydrogens (tertiary/aromatic N) is 1. The van der Waals surface area contributed by atoms with E-state index in [1.807, 2.05) is 42.6 Å². The highest BCUT2D eigenvalue weighted by atomic mass is 35.5. The zero-order chi connectivity index (χ0) is 22.0. The number of carbonyl (C=O) groups is 2. The van der Waals surface area contributed by atoms with Crippen molar-refractivity contribution in [1.82, 2.24) is 9.88 Å². The van der Waals surface area contributed by atoms with E-state index in [2.05, 4.69) is 22.0 Å². The Kier molecular flexibility index (Phi) is 4.41.